The Labute approximate surface area is 90.7 Å². The number of aliphatic hydroxyl groups is 1. The summed E-state index contributed by atoms with van der Waals surface area (Å²) in [6, 6.07) is 3.34. The zero-order valence-corrected chi connectivity index (χ0v) is 8.54. The molecular formula is C10H10N2O4. The Morgan fingerprint density at radius 2 is 2.38 bits per heavy atom. The maximum atomic E-state index is 11.0. The SMILES string of the molecule is COc1cccn2c(CO)nc(C(=O)O)c12. The van der Waals surface area contributed by atoms with Crippen LogP contribution in [0.2, 0.25) is 0 Å². The topological polar surface area (TPSA) is 84.1 Å². The highest BCUT2D eigenvalue weighted by Gasteiger charge is 2.19. The Morgan fingerprint density at radius 3 is 2.94 bits per heavy atom. The minimum absolute atomic E-state index is 0.124. The lowest BCUT2D eigenvalue weighted by Crippen LogP contribution is -1.99. The second-order valence-corrected chi connectivity index (χ2v) is 3.14. The molecule has 0 atom stereocenters. The molecule has 16 heavy (non-hydrogen) atoms. The third-order valence-electron chi connectivity index (χ3n) is 2.26. The summed E-state index contributed by atoms with van der Waals surface area (Å²) in [6.45, 7) is -0.332. The van der Waals surface area contributed by atoms with E-state index in [0.29, 0.717) is 11.3 Å². The summed E-state index contributed by atoms with van der Waals surface area (Å²) in [7, 11) is 1.45. The number of aliphatic hydroxyl groups excluding tert-OH is 1. The van der Waals surface area contributed by atoms with Gasteiger partial charge in [0.25, 0.3) is 0 Å². The standard InChI is InChI=1S/C10H10N2O4/c1-16-6-3-2-4-12-7(5-13)11-8(9(6)12)10(14)15/h2-4,13H,5H2,1H3,(H,14,15). The summed E-state index contributed by atoms with van der Waals surface area (Å²) < 4.78 is 6.57. The number of carboxylic acids is 1. The number of pyridine rings is 1. The molecule has 0 aliphatic rings. The first kappa shape index (κ1) is 10.4. The van der Waals surface area contributed by atoms with Gasteiger partial charge in [-0.1, -0.05) is 0 Å². The molecular weight excluding hydrogens is 212 g/mol. The van der Waals surface area contributed by atoms with Crippen LogP contribution >= 0.6 is 0 Å². The molecule has 0 aliphatic carbocycles. The molecule has 84 valence electrons. The largest absolute Gasteiger partial charge is 0.494 e. The summed E-state index contributed by atoms with van der Waals surface area (Å²) >= 11 is 0. The van der Waals surface area contributed by atoms with Gasteiger partial charge in [-0.25, -0.2) is 9.78 Å². The average Bonchev–Trinajstić information content (AvgIpc) is 2.67. The smallest absolute Gasteiger partial charge is 0.356 e. The van der Waals surface area contributed by atoms with Gasteiger partial charge in [-0.3, -0.25) is 4.40 Å². The first-order chi connectivity index (χ1) is 7.69. The molecule has 0 unspecified atom stereocenters. The Bertz CT molecular complexity index is 547. The van der Waals surface area contributed by atoms with Gasteiger partial charge in [0.1, 0.15) is 23.7 Å². The number of carboxylic acid groups (broad SMARTS) is 1. The zero-order valence-electron chi connectivity index (χ0n) is 8.54. The highest BCUT2D eigenvalue weighted by atomic mass is 16.5. The third kappa shape index (κ3) is 1.40. The first-order valence-electron chi connectivity index (χ1n) is 4.57. The predicted octanol–water partition coefficient (Wildman–Crippen LogP) is 0.533. The van der Waals surface area contributed by atoms with Crippen molar-refractivity contribution in [2.45, 2.75) is 6.61 Å². The van der Waals surface area contributed by atoms with Gasteiger partial charge in [-0.05, 0) is 12.1 Å². The van der Waals surface area contributed by atoms with Crippen molar-refractivity contribution in [1.29, 1.82) is 0 Å². The molecule has 0 saturated heterocycles. The Balaban J connectivity index is 2.85. The van der Waals surface area contributed by atoms with Gasteiger partial charge in [0.2, 0.25) is 0 Å². The van der Waals surface area contributed by atoms with Crippen molar-refractivity contribution < 1.29 is 19.7 Å². The second kappa shape index (κ2) is 3.82. The molecule has 0 amide bonds. The van der Waals surface area contributed by atoms with E-state index < -0.39 is 5.97 Å². The molecule has 2 aromatic rings. The molecule has 0 radical (unpaired) electrons. The number of hydrogen-bond donors (Lipinski definition) is 2. The van der Waals surface area contributed by atoms with Crippen molar-refractivity contribution >= 4 is 11.5 Å². The van der Waals surface area contributed by atoms with Crippen LogP contribution in [0.25, 0.3) is 5.52 Å². The van der Waals surface area contributed by atoms with Crippen molar-refractivity contribution in [3.63, 3.8) is 0 Å². The van der Waals surface area contributed by atoms with E-state index in [1.54, 1.807) is 18.3 Å². The fraction of sp³-hybridized carbons (Fsp3) is 0.200. The zero-order chi connectivity index (χ0) is 11.7. The van der Waals surface area contributed by atoms with Crippen LogP contribution in [0.1, 0.15) is 16.3 Å². The van der Waals surface area contributed by atoms with E-state index in [2.05, 4.69) is 4.98 Å². The maximum absolute atomic E-state index is 11.0. The van der Waals surface area contributed by atoms with Crippen LogP contribution in [-0.4, -0.2) is 32.7 Å². The summed E-state index contributed by atoms with van der Waals surface area (Å²) in [5.41, 5.74) is 0.225. The van der Waals surface area contributed by atoms with Crippen LogP contribution in [-0.2, 0) is 6.61 Å². The molecule has 0 spiro atoms. The molecule has 2 heterocycles. The lowest BCUT2D eigenvalue weighted by molar-refractivity contribution is 0.0692. The quantitative estimate of drug-likeness (QED) is 0.791. The fourth-order valence-electron chi connectivity index (χ4n) is 1.60. The number of rotatable bonds is 3. The van der Waals surface area contributed by atoms with Crippen LogP contribution < -0.4 is 4.74 Å². The predicted molar refractivity (Wildman–Crippen MR) is 54.6 cm³/mol. The number of methoxy groups -OCH3 is 1. The highest BCUT2D eigenvalue weighted by molar-refractivity contribution is 5.95. The van der Waals surface area contributed by atoms with Crippen molar-refractivity contribution in [3.05, 3.63) is 29.8 Å². The van der Waals surface area contributed by atoms with Gasteiger partial charge in [0.15, 0.2) is 5.69 Å². The van der Waals surface area contributed by atoms with Gasteiger partial charge in [-0.15, -0.1) is 0 Å². The maximum Gasteiger partial charge on any atom is 0.356 e. The number of carbonyl (C=O) groups is 1. The van der Waals surface area contributed by atoms with E-state index in [9.17, 15) is 4.79 Å². The number of aromatic carboxylic acids is 1. The highest BCUT2D eigenvalue weighted by Crippen LogP contribution is 2.24. The van der Waals surface area contributed by atoms with Gasteiger partial charge < -0.3 is 14.9 Å². The molecule has 2 aromatic heterocycles. The van der Waals surface area contributed by atoms with E-state index in [1.807, 2.05) is 0 Å². The van der Waals surface area contributed by atoms with Crippen LogP contribution in [0.4, 0.5) is 0 Å². The Morgan fingerprint density at radius 1 is 1.62 bits per heavy atom. The summed E-state index contributed by atoms with van der Waals surface area (Å²) in [4.78, 5) is 14.8. The number of ether oxygens (including phenoxy) is 1. The summed E-state index contributed by atoms with van der Waals surface area (Å²) in [6.07, 6.45) is 1.63. The van der Waals surface area contributed by atoms with Gasteiger partial charge in [0, 0.05) is 6.20 Å². The van der Waals surface area contributed by atoms with Gasteiger partial charge in [0.05, 0.1) is 7.11 Å². The van der Waals surface area contributed by atoms with Crippen molar-refractivity contribution in [3.8, 4) is 5.75 Å². The lowest BCUT2D eigenvalue weighted by Gasteiger charge is -2.03. The second-order valence-electron chi connectivity index (χ2n) is 3.14. The van der Waals surface area contributed by atoms with Crippen molar-refractivity contribution in [1.82, 2.24) is 9.38 Å². The normalized spacial score (nSPS) is 10.6. The molecule has 0 fully saturated rings. The van der Waals surface area contributed by atoms with Crippen LogP contribution in [0.3, 0.4) is 0 Å². The van der Waals surface area contributed by atoms with E-state index >= 15 is 0 Å². The number of nitrogens with zero attached hydrogens (tertiary/aromatic N) is 2. The van der Waals surface area contributed by atoms with E-state index in [4.69, 9.17) is 14.9 Å². The lowest BCUT2D eigenvalue weighted by atomic mass is 10.3. The monoisotopic (exact) mass is 222 g/mol. The van der Waals surface area contributed by atoms with Crippen LogP contribution in [0.5, 0.6) is 5.75 Å². The first-order valence-corrected chi connectivity index (χ1v) is 4.57. The molecule has 6 nitrogen and oxygen atoms in total. The van der Waals surface area contributed by atoms with E-state index in [-0.39, 0.29) is 18.1 Å². The Hall–Kier alpha value is -2.08. The molecule has 6 heteroatoms. The molecule has 0 bridgehead atoms. The Kier molecular flexibility index (Phi) is 2.49. The van der Waals surface area contributed by atoms with Crippen molar-refractivity contribution in [2.75, 3.05) is 7.11 Å². The fourth-order valence-corrected chi connectivity index (χ4v) is 1.60. The van der Waals surface area contributed by atoms with Crippen molar-refractivity contribution in [2.24, 2.45) is 0 Å². The summed E-state index contributed by atoms with van der Waals surface area (Å²) in [5.74, 6) is -0.472. The molecule has 0 aromatic carbocycles. The number of aromatic nitrogens is 2. The minimum atomic E-state index is -1.15. The number of imidazole rings is 1. The van der Waals surface area contributed by atoms with Crippen LogP contribution in [0.15, 0.2) is 18.3 Å². The van der Waals surface area contributed by atoms with E-state index in [1.165, 1.54) is 11.5 Å². The molecule has 2 rings (SSSR count). The molecule has 2 N–H and O–H groups in total. The molecule has 0 saturated carbocycles. The van der Waals surface area contributed by atoms with Gasteiger partial charge in [-0.2, -0.15) is 0 Å². The summed E-state index contributed by atoms with van der Waals surface area (Å²) in [5, 5.41) is 18.1. The van der Waals surface area contributed by atoms with E-state index in [0.717, 1.165) is 0 Å². The minimum Gasteiger partial charge on any atom is -0.494 e. The van der Waals surface area contributed by atoms with Crippen LogP contribution in [0, 0.1) is 0 Å². The number of hydrogen-bond acceptors (Lipinski definition) is 4. The third-order valence-corrected chi connectivity index (χ3v) is 2.26. The average molecular weight is 222 g/mol. The number of fused-ring (bicyclic) bond motifs is 1. The van der Waals surface area contributed by atoms with Gasteiger partial charge >= 0.3 is 5.97 Å². The molecule has 0 aliphatic heterocycles.